The molecule has 3 nitrogen and oxygen atoms in total. The quantitative estimate of drug-likeness (QED) is 0.831. The Kier molecular flexibility index (Phi) is 4.14. The number of hydrogen-bond donors (Lipinski definition) is 0. The van der Waals surface area contributed by atoms with E-state index in [1.807, 2.05) is 36.4 Å². The summed E-state index contributed by atoms with van der Waals surface area (Å²) >= 11 is 5.82. The van der Waals surface area contributed by atoms with Crippen molar-refractivity contribution in [2.45, 2.75) is 6.42 Å². The molecule has 0 N–H and O–H groups in total. The zero-order valence-electron chi connectivity index (χ0n) is 12.1. The van der Waals surface area contributed by atoms with Crippen LogP contribution in [0.3, 0.4) is 0 Å². The highest BCUT2D eigenvalue weighted by atomic mass is 35.5. The summed E-state index contributed by atoms with van der Waals surface area (Å²) in [6, 6.07) is 14.0. The number of para-hydroxylation sites is 1. The molecule has 0 aromatic heterocycles. The number of rotatable bonds is 2. The average molecular weight is 327 g/mol. The molecule has 2 aromatic carbocycles. The first kappa shape index (κ1) is 15.3. The van der Waals surface area contributed by atoms with Gasteiger partial charge < -0.3 is 4.90 Å². The predicted molar refractivity (Wildman–Crippen MR) is 87.5 cm³/mol. The van der Waals surface area contributed by atoms with E-state index in [0.29, 0.717) is 18.5 Å². The van der Waals surface area contributed by atoms with Crippen LogP contribution in [0.15, 0.2) is 48.5 Å². The molecule has 0 spiro atoms. The molecule has 1 heterocycles. The summed E-state index contributed by atoms with van der Waals surface area (Å²) in [5.41, 5.74) is 1.60. The Morgan fingerprint density at radius 1 is 1.17 bits per heavy atom. The van der Waals surface area contributed by atoms with E-state index in [1.54, 1.807) is 4.90 Å². The molecule has 0 saturated carbocycles. The van der Waals surface area contributed by atoms with Crippen LogP contribution in [-0.4, -0.2) is 12.5 Å². The van der Waals surface area contributed by atoms with E-state index in [2.05, 4.69) is 0 Å². The summed E-state index contributed by atoms with van der Waals surface area (Å²) in [7, 11) is 0. The molecule has 5 heteroatoms. The van der Waals surface area contributed by atoms with Gasteiger partial charge in [0.2, 0.25) is 0 Å². The lowest BCUT2D eigenvalue weighted by molar-refractivity contribution is -0.114. The van der Waals surface area contributed by atoms with Crippen LogP contribution in [0.5, 0.6) is 0 Å². The third-order valence-electron chi connectivity index (χ3n) is 3.77. The number of anilines is 1. The van der Waals surface area contributed by atoms with Crippen LogP contribution in [0.4, 0.5) is 10.1 Å². The highest BCUT2D eigenvalue weighted by molar-refractivity contribution is 6.31. The first-order valence-electron chi connectivity index (χ1n) is 7.07. The Morgan fingerprint density at radius 3 is 2.57 bits per heavy atom. The highest BCUT2D eigenvalue weighted by Crippen LogP contribution is 2.32. The summed E-state index contributed by atoms with van der Waals surface area (Å²) in [4.78, 5) is 14.0. The molecule has 1 aliphatic heterocycles. The maximum atomic E-state index is 14.3. The van der Waals surface area contributed by atoms with Crippen molar-refractivity contribution in [1.29, 1.82) is 5.26 Å². The first-order valence-corrected chi connectivity index (χ1v) is 7.45. The molecule has 0 aliphatic carbocycles. The molecule has 2 aromatic rings. The molecule has 0 atom stereocenters. The smallest absolute Gasteiger partial charge is 0.251 e. The molecule has 0 saturated heterocycles. The van der Waals surface area contributed by atoms with Crippen molar-refractivity contribution in [3.8, 4) is 6.07 Å². The monoisotopic (exact) mass is 326 g/mol. The number of hydrogen-bond acceptors (Lipinski definition) is 2. The van der Waals surface area contributed by atoms with Gasteiger partial charge in [-0.15, -0.1) is 0 Å². The largest absolute Gasteiger partial charge is 0.309 e. The Hall–Kier alpha value is -2.64. The molecule has 23 heavy (non-hydrogen) atoms. The van der Waals surface area contributed by atoms with Gasteiger partial charge in [-0.05, 0) is 36.3 Å². The second-order valence-corrected chi connectivity index (χ2v) is 5.55. The highest BCUT2D eigenvalue weighted by Gasteiger charge is 2.24. The molecule has 0 radical (unpaired) electrons. The molecule has 0 unspecified atom stereocenters. The second kappa shape index (κ2) is 6.23. The minimum absolute atomic E-state index is 0.0576. The van der Waals surface area contributed by atoms with Gasteiger partial charge in [0.05, 0.1) is 16.7 Å². The van der Waals surface area contributed by atoms with Crippen molar-refractivity contribution in [3.63, 3.8) is 0 Å². The Balaban J connectivity index is 2.01. The van der Waals surface area contributed by atoms with Crippen LogP contribution in [0.2, 0.25) is 5.02 Å². The molecule has 1 aliphatic rings. The number of nitrogens with zero attached hydrogens (tertiary/aromatic N) is 2. The van der Waals surface area contributed by atoms with E-state index in [4.69, 9.17) is 11.6 Å². The van der Waals surface area contributed by atoms with Crippen molar-refractivity contribution >= 4 is 28.8 Å². The van der Waals surface area contributed by atoms with Crippen LogP contribution < -0.4 is 4.90 Å². The van der Waals surface area contributed by atoms with Crippen molar-refractivity contribution < 1.29 is 9.18 Å². The van der Waals surface area contributed by atoms with Crippen molar-refractivity contribution in [2.24, 2.45) is 0 Å². The molecule has 114 valence electrons. The van der Waals surface area contributed by atoms with Gasteiger partial charge in [-0.1, -0.05) is 29.8 Å². The second-order valence-electron chi connectivity index (χ2n) is 5.14. The van der Waals surface area contributed by atoms with Crippen LogP contribution in [0.25, 0.3) is 5.57 Å². The van der Waals surface area contributed by atoms with Gasteiger partial charge in [0.15, 0.2) is 5.82 Å². The lowest BCUT2D eigenvalue weighted by atomic mass is 9.94. The SMILES string of the molecule is N#Cc1ccc(Cl)c(F)c1C1=CC(=O)N(c2ccccc2)CC1. The predicted octanol–water partition coefficient (Wildman–Crippen LogP) is 4.17. The van der Waals surface area contributed by atoms with Gasteiger partial charge in [-0.2, -0.15) is 5.26 Å². The first-order chi connectivity index (χ1) is 11.1. The van der Waals surface area contributed by atoms with Gasteiger partial charge in [0.25, 0.3) is 5.91 Å². The van der Waals surface area contributed by atoms with Crippen LogP contribution in [0.1, 0.15) is 17.5 Å². The standard InChI is InChI=1S/C18H12ClFN2O/c19-15-7-6-13(11-21)17(18(15)20)12-8-9-22(16(23)10-12)14-4-2-1-3-5-14/h1-7,10H,8-9H2. The molecule has 0 fully saturated rings. The van der Waals surface area contributed by atoms with Gasteiger partial charge >= 0.3 is 0 Å². The van der Waals surface area contributed by atoms with E-state index in [-0.39, 0.29) is 22.1 Å². The fraction of sp³-hybridized carbons (Fsp3) is 0.111. The fourth-order valence-electron chi connectivity index (χ4n) is 2.66. The van der Waals surface area contributed by atoms with Crippen LogP contribution in [-0.2, 0) is 4.79 Å². The summed E-state index contributed by atoms with van der Waals surface area (Å²) in [5.74, 6) is -0.890. The maximum absolute atomic E-state index is 14.3. The van der Waals surface area contributed by atoms with E-state index >= 15 is 0 Å². The van der Waals surface area contributed by atoms with Crippen LogP contribution in [0, 0.1) is 17.1 Å². The molecule has 3 rings (SSSR count). The number of carbonyl (C=O) groups is 1. The lowest BCUT2D eigenvalue weighted by Gasteiger charge is -2.27. The van der Waals surface area contributed by atoms with Gasteiger partial charge in [0, 0.05) is 23.9 Å². The Morgan fingerprint density at radius 2 is 1.91 bits per heavy atom. The van der Waals surface area contributed by atoms with Gasteiger partial charge in [-0.3, -0.25) is 4.79 Å². The van der Waals surface area contributed by atoms with Gasteiger partial charge in [0.1, 0.15) is 0 Å². The summed E-state index contributed by atoms with van der Waals surface area (Å²) in [6.45, 7) is 0.422. The topological polar surface area (TPSA) is 44.1 Å². The normalized spacial score (nSPS) is 14.4. The maximum Gasteiger partial charge on any atom is 0.251 e. The Bertz CT molecular complexity index is 840. The zero-order chi connectivity index (χ0) is 16.4. The van der Waals surface area contributed by atoms with Crippen molar-refractivity contribution in [1.82, 2.24) is 0 Å². The van der Waals surface area contributed by atoms with Crippen molar-refractivity contribution in [3.05, 3.63) is 70.5 Å². The zero-order valence-corrected chi connectivity index (χ0v) is 12.8. The lowest BCUT2D eigenvalue weighted by Crippen LogP contribution is -2.33. The number of amides is 1. The Labute approximate surface area is 138 Å². The number of nitriles is 1. The minimum Gasteiger partial charge on any atom is -0.309 e. The van der Waals surface area contributed by atoms with Crippen LogP contribution >= 0.6 is 11.6 Å². The summed E-state index contributed by atoms with van der Waals surface area (Å²) in [5, 5.41) is 9.12. The van der Waals surface area contributed by atoms with E-state index in [9.17, 15) is 14.4 Å². The fourth-order valence-corrected chi connectivity index (χ4v) is 2.82. The average Bonchev–Trinajstić information content (AvgIpc) is 2.58. The third-order valence-corrected chi connectivity index (χ3v) is 4.06. The molecular formula is C18H12ClFN2O. The number of benzene rings is 2. The van der Waals surface area contributed by atoms with Crippen molar-refractivity contribution in [2.75, 3.05) is 11.4 Å². The minimum atomic E-state index is -0.655. The number of halogens is 2. The molecule has 1 amide bonds. The summed E-state index contributed by atoms with van der Waals surface area (Å²) in [6.07, 6.45) is 1.83. The number of carbonyl (C=O) groups excluding carboxylic acids is 1. The molecular weight excluding hydrogens is 315 g/mol. The van der Waals surface area contributed by atoms with E-state index < -0.39 is 5.82 Å². The van der Waals surface area contributed by atoms with Gasteiger partial charge in [-0.25, -0.2) is 4.39 Å². The molecule has 0 bridgehead atoms. The van der Waals surface area contributed by atoms with E-state index in [1.165, 1.54) is 18.2 Å². The summed E-state index contributed by atoms with van der Waals surface area (Å²) < 4.78 is 14.3. The third kappa shape index (κ3) is 2.84. The van der Waals surface area contributed by atoms with E-state index in [0.717, 1.165) is 5.69 Å².